The predicted molar refractivity (Wildman–Crippen MR) is 101 cm³/mol. The highest BCUT2D eigenvalue weighted by atomic mass is 35.5. The fourth-order valence-electron chi connectivity index (χ4n) is 2.10. The summed E-state index contributed by atoms with van der Waals surface area (Å²) in [5.41, 5.74) is 0.431. The van der Waals surface area contributed by atoms with E-state index in [-0.39, 0.29) is 5.12 Å². The quantitative estimate of drug-likeness (QED) is 0.554. The zero-order chi connectivity index (χ0) is 18.1. The molecule has 0 unspecified atom stereocenters. The first-order valence-electron chi connectivity index (χ1n) is 7.53. The van der Waals surface area contributed by atoms with Crippen molar-refractivity contribution in [2.75, 3.05) is 5.75 Å². The van der Waals surface area contributed by atoms with Gasteiger partial charge in [-0.15, -0.1) is 0 Å². The number of halogens is 2. The van der Waals surface area contributed by atoms with Gasteiger partial charge in [0, 0.05) is 24.4 Å². The van der Waals surface area contributed by atoms with E-state index in [9.17, 15) is 4.79 Å². The summed E-state index contributed by atoms with van der Waals surface area (Å²) in [4.78, 5) is 15.4. The van der Waals surface area contributed by atoms with Gasteiger partial charge in [-0.1, -0.05) is 41.0 Å². The number of nitrogens with zero attached hydrogens (tertiary/aromatic N) is 1. The van der Waals surface area contributed by atoms with Crippen LogP contribution in [0.3, 0.4) is 0 Å². The van der Waals surface area contributed by atoms with Crippen LogP contribution in [0.25, 0.3) is 6.08 Å². The van der Waals surface area contributed by atoms with Crippen LogP contribution in [0.15, 0.2) is 17.7 Å². The third-order valence-electron chi connectivity index (χ3n) is 4.22. The number of hydrogen-bond donors (Lipinski definition) is 0. The van der Waals surface area contributed by atoms with Crippen LogP contribution in [0, 0.1) is 0 Å². The lowest BCUT2D eigenvalue weighted by atomic mass is 9.78. The van der Waals surface area contributed by atoms with E-state index in [4.69, 9.17) is 32.5 Å². The van der Waals surface area contributed by atoms with Crippen molar-refractivity contribution in [1.82, 2.24) is 4.98 Å². The molecule has 1 aliphatic heterocycles. The second-order valence-electron chi connectivity index (χ2n) is 6.59. The first-order chi connectivity index (χ1) is 11.0. The van der Waals surface area contributed by atoms with Crippen LogP contribution < -0.4 is 0 Å². The van der Waals surface area contributed by atoms with E-state index in [1.165, 1.54) is 18.7 Å². The Bertz CT molecular complexity index is 643. The van der Waals surface area contributed by atoms with Gasteiger partial charge < -0.3 is 9.31 Å². The molecule has 1 saturated heterocycles. The molecule has 2 rings (SSSR count). The van der Waals surface area contributed by atoms with Crippen molar-refractivity contribution in [3.05, 3.63) is 33.5 Å². The van der Waals surface area contributed by atoms with Gasteiger partial charge in [-0.05, 0) is 39.2 Å². The molecule has 1 aromatic heterocycles. The zero-order valence-electron chi connectivity index (χ0n) is 14.4. The molecule has 0 amide bonds. The minimum Gasteiger partial charge on any atom is -0.400 e. The molecule has 1 aromatic rings. The lowest BCUT2D eigenvalue weighted by molar-refractivity contribution is -0.109. The Hall–Kier alpha value is -0.525. The summed E-state index contributed by atoms with van der Waals surface area (Å²) in [7, 11) is -0.575. The highest BCUT2D eigenvalue weighted by Gasteiger charge is 2.52. The summed E-state index contributed by atoms with van der Waals surface area (Å²) in [6, 6.07) is 1.67. The molecule has 0 saturated carbocycles. The molecule has 0 N–H and O–H groups in total. The van der Waals surface area contributed by atoms with Gasteiger partial charge in [-0.2, -0.15) is 0 Å². The SMILES string of the molecule is CC(=O)SCC(=Cc1c(Cl)ccnc1Cl)B1OC(C)(C)C(C)(C)O1. The smallest absolute Gasteiger partial charge is 0.400 e. The Morgan fingerprint density at radius 3 is 2.38 bits per heavy atom. The number of carbonyl (C=O) groups excluding carboxylic acids is 1. The van der Waals surface area contributed by atoms with Gasteiger partial charge >= 0.3 is 7.12 Å². The third kappa shape index (κ3) is 4.35. The normalized spacial score (nSPS) is 19.6. The number of rotatable bonds is 4. The molecule has 8 heteroatoms. The Morgan fingerprint density at radius 1 is 1.29 bits per heavy atom. The maximum atomic E-state index is 11.4. The first kappa shape index (κ1) is 19.8. The lowest BCUT2D eigenvalue weighted by Gasteiger charge is -2.32. The molecule has 0 atom stereocenters. The highest BCUT2D eigenvalue weighted by Crippen LogP contribution is 2.40. The van der Waals surface area contributed by atoms with Crippen LogP contribution in [-0.2, 0) is 14.1 Å². The topological polar surface area (TPSA) is 48.4 Å². The Morgan fingerprint density at radius 2 is 1.88 bits per heavy atom. The largest absolute Gasteiger partial charge is 0.491 e. The molecular formula is C16H20BCl2NO3S. The molecule has 1 aliphatic rings. The molecule has 0 aliphatic carbocycles. The fraction of sp³-hybridized carbons (Fsp3) is 0.500. The van der Waals surface area contributed by atoms with Gasteiger partial charge in [0.1, 0.15) is 5.15 Å². The van der Waals surface area contributed by atoms with Crippen molar-refractivity contribution < 1.29 is 14.1 Å². The minimum atomic E-state index is -0.575. The van der Waals surface area contributed by atoms with Crippen LogP contribution in [-0.4, -0.2) is 34.2 Å². The monoisotopic (exact) mass is 387 g/mol. The average Bonchev–Trinajstić information content (AvgIpc) is 2.65. The van der Waals surface area contributed by atoms with Gasteiger partial charge in [0.05, 0.1) is 16.2 Å². The van der Waals surface area contributed by atoms with E-state index in [1.54, 1.807) is 18.3 Å². The minimum absolute atomic E-state index is 0.0146. The van der Waals surface area contributed by atoms with Crippen molar-refractivity contribution in [2.45, 2.75) is 45.8 Å². The number of carbonyl (C=O) groups is 1. The van der Waals surface area contributed by atoms with E-state index in [0.717, 1.165) is 5.47 Å². The van der Waals surface area contributed by atoms with Crippen molar-refractivity contribution in [3.8, 4) is 0 Å². The maximum Gasteiger partial charge on any atom is 0.491 e. The number of thioether (sulfide) groups is 1. The molecule has 4 nitrogen and oxygen atoms in total. The van der Waals surface area contributed by atoms with E-state index in [1.807, 2.05) is 27.7 Å². The number of aromatic nitrogens is 1. The second kappa shape index (κ2) is 7.38. The van der Waals surface area contributed by atoms with E-state index in [0.29, 0.717) is 21.5 Å². The van der Waals surface area contributed by atoms with Gasteiger partial charge in [0.25, 0.3) is 0 Å². The van der Waals surface area contributed by atoms with Crippen molar-refractivity contribution in [1.29, 1.82) is 0 Å². The van der Waals surface area contributed by atoms with Crippen LogP contribution in [0.5, 0.6) is 0 Å². The van der Waals surface area contributed by atoms with Crippen LogP contribution >= 0.6 is 35.0 Å². The molecule has 0 aromatic carbocycles. The van der Waals surface area contributed by atoms with E-state index < -0.39 is 18.3 Å². The van der Waals surface area contributed by atoms with Crippen LogP contribution in [0.2, 0.25) is 10.2 Å². The molecular weight excluding hydrogens is 368 g/mol. The maximum absolute atomic E-state index is 11.4. The molecule has 0 spiro atoms. The van der Waals surface area contributed by atoms with Crippen molar-refractivity contribution in [3.63, 3.8) is 0 Å². The van der Waals surface area contributed by atoms with Gasteiger partial charge in [0.15, 0.2) is 5.12 Å². The Kier molecular flexibility index (Phi) is 6.09. The predicted octanol–water partition coefficient (Wildman–Crippen LogP) is 4.68. The average molecular weight is 388 g/mol. The lowest BCUT2D eigenvalue weighted by Crippen LogP contribution is -2.41. The van der Waals surface area contributed by atoms with Crippen LogP contribution in [0.4, 0.5) is 0 Å². The molecule has 0 bridgehead atoms. The van der Waals surface area contributed by atoms with Crippen molar-refractivity contribution >= 4 is 53.3 Å². The molecule has 2 heterocycles. The van der Waals surface area contributed by atoms with E-state index in [2.05, 4.69) is 4.98 Å². The summed E-state index contributed by atoms with van der Waals surface area (Å²) in [5.74, 6) is 0.424. The number of pyridine rings is 1. The number of hydrogen-bond acceptors (Lipinski definition) is 5. The van der Waals surface area contributed by atoms with Gasteiger partial charge in [-0.3, -0.25) is 4.79 Å². The van der Waals surface area contributed by atoms with Crippen LogP contribution in [0.1, 0.15) is 40.2 Å². The molecule has 24 heavy (non-hydrogen) atoms. The first-order valence-corrected chi connectivity index (χ1v) is 9.27. The second-order valence-corrected chi connectivity index (χ2v) is 8.50. The summed E-state index contributed by atoms with van der Waals surface area (Å²) in [6.07, 6.45) is 3.34. The zero-order valence-corrected chi connectivity index (χ0v) is 16.7. The Balaban J connectivity index is 2.39. The standard InChI is InChI=1S/C16H20BCl2NO3S/c1-10(21)24-9-11(8-12-13(18)6-7-20-14(12)19)17-22-15(2,3)16(4,5)23-17/h6-8H,9H2,1-5H3. The third-order valence-corrected chi connectivity index (χ3v) is 5.73. The van der Waals surface area contributed by atoms with Crippen molar-refractivity contribution in [2.24, 2.45) is 0 Å². The van der Waals surface area contributed by atoms with Gasteiger partial charge in [-0.25, -0.2) is 4.98 Å². The molecule has 130 valence electrons. The summed E-state index contributed by atoms with van der Waals surface area (Å²) in [5, 5.41) is 0.794. The highest BCUT2D eigenvalue weighted by molar-refractivity contribution is 8.13. The summed E-state index contributed by atoms with van der Waals surface area (Å²) >= 11 is 13.6. The molecule has 1 fully saturated rings. The Labute approximate surface area is 157 Å². The fourth-order valence-corrected chi connectivity index (χ4v) is 3.15. The molecule has 0 radical (unpaired) electrons. The summed E-state index contributed by atoms with van der Waals surface area (Å²) in [6.45, 7) is 9.44. The summed E-state index contributed by atoms with van der Waals surface area (Å²) < 4.78 is 12.2. The van der Waals surface area contributed by atoms with E-state index >= 15 is 0 Å². The van der Waals surface area contributed by atoms with Gasteiger partial charge in [0.2, 0.25) is 0 Å².